The summed E-state index contributed by atoms with van der Waals surface area (Å²) in [5.74, 6) is 0.692. The van der Waals surface area contributed by atoms with Gasteiger partial charge >= 0.3 is 5.97 Å². The zero-order valence-electron chi connectivity index (χ0n) is 27.0. The lowest BCUT2D eigenvalue weighted by molar-refractivity contribution is -0.244. The number of esters is 1. The molecule has 6 heterocycles. The van der Waals surface area contributed by atoms with Gasteiger partial charge in [-0.3, -0.25) is 19.3 Å². The molecule has 0 bridgehead atoms. The summed E-state index contributed by atoms with van der Waals surface area (Å²) in [6.45, 7) is 8.71. The van der Waals surface area contributed by atoms with Crippen LogP contribution < -0.4 is 5.32 Å². The summed E-state index contributed by atoms with van der Waals surface area (Å²) in [7, 11) is 3.52. The summed E-state index contributed by atoms with van der Waals surface area (Å²) in [6.07, 6.45) is 7.49. The Hall–Kier alpha value is -4.06. The Morgan fingerprint density at radius 2 is 1.71 bits per heavy atom. The summed E-state index contributed by atoms with van der Waals surface area (Å²) < 4.78 is 7.80. The third kappa shape index (κ3) is 4.93. The number of piperazine rings is 1. The molecule has 4 aliphatic rings. The fourth-order valence-electron chi connectivity index (χ4n) is 7.88. The molecule has 3 saturated heterocycles. The molecule has 238 valence electrons. The highest BCUT2D eigenvalue weighted by molar-refractivity contribution is 5.98. The van der Waals surface area contributed by atoms with E-state index in [-0.39, 0.29) is 35.9 Å². The molecule has 2 amide bonds. The highest BCUT2D eigenvalue weighted by Crippen LogP contribution is 2.55. The second-order valence-electron chi connectivity index (χ2n) is 14.3. The highest BCUT2D eigenvalue weighted by atomic mass is 16.6. The van der Waals surface area contributed by atoms with Gasteiger partial charge < -0.3 is 24.4 Å². The number of nitrogens with zero attached hydrogens (tertiary/aromatic N) is 7. The van der Waals surface area contributed by atoms with Crippen LogP contribution in [0.5, 0.6) is 0 Å². The molecule has 1 saturated carbocycles. The van der Waals surface area contributed by atoms with Gasteiger partial charge in [0.15, 0.2) is 0 Å². The molecule has 3 aliphatic heterocycles. The van der Waals surface area contributed by atoms with Crippen molar-refractivity contribution in [2.24, 2.45) is 0 Å². The zero-order chi connectivity index (χ0) is 31.8. The lowest BCUT2D eigenvalue weighted by atomic mass is 9.62. The number of carbonyl (C=O) groups excluding carboxylic acids is 3. The first-order valence-electron chi connectivity index (χ1n) is 16.0. The Labute approximate surface area is 263 Å². The maximum absolute atomic E-state index is 13.6. The lowest BCUT2D eigenvalue weighted by Crippen LogP contribution is -2.87. The maximum Gasteiger partial charge on any atom is 0.327 e. The number of piperidine rings is 1. The summed E-state index contributed by atoms with van der Waals surface area (Å²) in [5, 5.41) is 4.03. The molecule has 7 rings (SSSR count). The molecule has 3 aromatic rings. The van der Waals surface area contributed by atoms with Gasteiger partial charge in [0.25, 0.3) is 11.8 Å². The minimum absolute atomic E-state index is 0.0435. The fraction of sp³-hybridized carbons (Fsp3) is 0.576. The van der Waals surface area contributed by atoms with Gasteiger partial charge in [0, 0.05) is 56.9 Å². The number of nitrogens with one attached hydrogen (secondary N) is 1. The van der Waals surface area contributed by atoms with Gasteiger partial charge in [-0.25, -0.2) is 9.97 Å². The van der Waals surface area contributed by atoms with E-state index in [4.69, 9.17) is 9.72 Å². The van der Waals surface area contributed by atoms with Crippen molar-refractivity contribution in [3.05, 3.63) is 41.3 Å². The van der Waals surface area contributed by atoms with Crippen LogP contribution in [0.4, 0.5) is 11.8 Å². The third-order valence-corrected chi connectivity index (χ3v) is 9.80. The van der Waals surface area contributed by atoms with Crippen LogP contribution in [-0.4, -0.2) is 102 Å². The number of anilines is 2. The molecule has 2 unspecified atom stereocenters. The minimum atomic E-state index is -0.513. The van der Waals surface area contributed by atoms with Crippen molar-refractivity contribution in [3.63, 3.8) is 0 Å². The van der Waals surface area contributed by atoms with E-state index in [0.717, 1.165) is 49.6 Å². The monoisotopic (exact) mass is 614 g/mol. The van der Waals surface area contributed by atoms with Crippen molar-refractivity contribution < 1.29 is 19.1 Å². The average molecular weight is 615 g/mol. The minimum Gasteiger partial charge on any atom is -0.459 e. The number of ether oxygens (including phenoxy) is 1. The topological polar surface area (TPSA) is 126 Å². The SMILES string of the molecule is Cc1nc(Nc2ncc3cc(C(=O)N(C)C)n(C4CCCC4)c3n2)ccc1C(=O)N1CC2CC3(C(=O)OC(C)(C)C)CC(C1)N23. The second-order valence-corrected chi connectivity index (χ2v) is 14.3. The number of hydrogen-bond donors (Lipinski definition) is 1. The molecule has 0 aromatic carbocycles. The summed E-state index contributed by atoms with van der Waals surface area (Å²) >= 11 is 0. The molecule has 12 heteroatoms. The van der Waals surface area contributed by atoms with E-state index in [1.54, 1.807) is 37.3 Å². The van der Waals surface area contributed by atoms with Gasteiger partial charge in [-0.2, -0.15) is 4.98 Å². The summed E-state index contributed by atoms with van der Waals surface area (Å²) in [4.78, 5) is 59.4. The third-order valence-electron chi connectivity index (χ3n) is 9.80. The van der Waals surface area contributed by atoms with Gasteiger partial charge in [-0.05, 0) is 71.6 Å². The van der Waals surface area contributed by atoms with Crippen LogP contribution in [-0.2, 0) is 9.53 Å². The largest absolute Gasteiger partial charge is 0.459 e. The van der Waals surface area contributed by atoms with E-state index >= 15 is 0 Å². The number of aromatic nitrogens is 4. The Balaban J connectivity index is 1.06. The van der Waals surface area contributed by atoms with Crippen LogP contribution in [0.25, 0.3) is 11.0 Å². The molecular formula is C33H42N8O4. The Morgan fingerprint density at radius 3 is 2.33 bits per heavy atom. The summed E-state index contributed by atoms with van der Waals surface area (Å²) in [5.41, 5.74) is 1.52. The zero-order valence-corrected chi connectivity index (χ0v) is 27.0. The van der Waals surface area contributed by atoms with Crippen molar-refractivity contribution in [2.45, 2.75) is 95.5 Å². The highest BCUT2D eigenvalue weighted by Gasteiger charge is 2.70. The maximum atomic E-state index is 13.6. The van der Waals surface area contributed by atoms with Crippen molar-refractivity contribution in [1.82, 2.24) is 34.2 Å². The van der Waals surface area contributed by atoms with Gasteiger partial charge in [0.05, 0.1) is 11.3 Å². The van der Waals surface area contributed by atoms with E-state index in [2.05, 4.69) is 24.8 Å². The Morgan fingerprint density at radius 1 is 1.02 bits per heavy atom. The Bertz CT molecular complexity index is 1690. The summed E-state index contributed by atoms with van der Waals surface area (Å²) in [6, 6.07) is 6.04. The normalized spacial score (nSPS) is 24.5. The van der Waals surface area contributed by atoms with Crippen LogP contribution in [0.15, 0.2) is 24.4 Å². The molecule has 0 radical (unpaired) electrons. The fourth-order valence-corrected chi connectivity index (χ4v) is 7.88. The lowest BCUT2D eigenvalue weighted by Gasteiger charge is -2.71. The van der Waals surface area contributed by atoms with Crippen molar-refractivity contribution in [2.75, 3.05) is 32.5 Å². The molecule has 12 nitrogen and oxygen atoms in total. The Kier molecular flexibility index (Phi) is 6.92. The number of fused-ring (bicyclic) bond motifs is 1. The first-order valence-corrected chi connectivity index (χ1v) is 16.0. The van der Waals surface area contributed by atoms with E-state index in [1.165, 1.54) is 0 Å². The predicted molar refractivity (Wildman–Crippen MR) is 168 cm³/mol. The number of likely N-dealkylation sites (tertiary alicyclic amines) is 1. The van der Waals surface area contributed by atoms with Crippen molar-refractivity contribution in [1.29, 1.82) is 0 Å². The molecule has 2 atom stereocenters. The molecule has 3 aromatic heterocycles. The molecule has 0 spiro atoms. The van der Waals surface area contributed by atoms with E-state index in [0.29, 0.717) is 41.8 Å². The van der Waals surface area contributed by atoms with Crippen molar-refractivity contribution in [3.8, 4) is 0 Å². The smallest absolute Gasteiger partial charge is 0.327 e. The van der Waals surface area contributed by atoms with Crippen LogP contribution in [0, 0.1) is 6.92 Å². The van der Waals surface area contributed by atoms with Crippen LogP contribution >= 0.6 is 0 Å². The van der Waals surface area contributed by atoms with E-state index in [9.17, 15) is 14.4 Å². The molecule has 1 N–H and O–H groups in total. The number of hydrogen-bond acceptors (Lipinski definition) is 9. The quantitative estimate of drug-likeness (QED) is 0.409. The van der Waals surface area contributed by atoms with Gasteiger partial charge in [-0.15, -0.1) is 0 Å². The number of rotatable bonds is 6. The first kappa shape index (κ1) is 29.6. The van der Waals surface area contributed by atoms with E-state index in [1.807, 2.05) is 38.7 Å². The molecule has 4 fully saturated rings. The number of aryl methyl sites for hydroxylation is 1. The molecular weight excluding hydrogens is 572 g/mol. The van der Waals surface area contributed by atoms with E-state index < -0.39 is 11.1 Å². The van der Waals surface area contributed by atoms with Crippen LogP contribution in [0.3, 0.4) is 0 Å². The first-order chi connectivity index (χ1) is 21.3. The van der Waals surface area contributed by atoms with Crippen molar-refractivity contribution >= 4 is 40.6 Å². The van der Waals surface area contributed by atoms with Gasteiger partial charge in [-0.1, -0.05) is 12.8 Å². The number of carbonyl (C=O) groups is 3. The predicted octanol–water partition coefficient (Wildman–Crippen LogP) is 4.08. The van der Waals surface area contributed by atoms with Crippen LogP contribution in [0.2, 0.25) is 0 Å². The average Bonchev–Trinajstić information content (AvgIpc) is 3.59. The van der Waals surface area contributed by atoms with Crippen LogP contribution in [0.1, 0.15) is 91.9 Å². The number of pyridine rings is 1. The standard InChI is InChI=1S/C33H42N8O4/c1-19-24(28(42)39-17-22-14-33(15-23(18-39)41(22)33)30(44)45-32(2,3)4)11-12-26(35-19)36-31-34-16-20-13-25(29(43)38(5)6)40(27(20)37-31)21-9-7-8-10-21/h11-13,16,21-23H,7-10,14-15,17-18H2,1-6H3,(H,34,35,36,37). The number of amides is 2. The molecule has 45 heavy (non-hydrogen) atoms. The van der Waals surface area contributed by atoms with Gasteiger partial charge in [0.1, 0.15) is 28.3 Å². The molecule has 1 aliphatic carbocycles. The van der Waals surface area contributed by atoms with Gasteiger partial charge in [0.2, 0.25) is 5.95 Å². The second kappa shape index (κ2) is 10.5.